The zero-order valence-electron chi connectivity index (χ0n) is 9.29. The van der Waals surface area contributed by atoms with Gasteiger partial charge in [0.15, 0.2) is 6.10 Å². The van der Waals surface area contributed by atoms with Gasteiger partial charge in [-0.1, -0.05) is 13.8 Å². The Labute approximate surface area is 84.8 Å². The van der Waals surface area contributed by atoms with E-state index >= 15 is 0 Å². The van der Waals surface area contributed by atoms with Gasteiger partial charge in [0.2, 0.25) is 0 Å². The Hall–Kier alpha value is -0.570. The number of cyclic esters (lactones) is 1. The zero-order valence-corrected chi connectivity index (χ0v) is 9.29. The molecule has 0 aromatic rings. The number of esters is 1. The Morgan fingerprint density at radius 3 is 2.57 bits per heavy atom. The fourth-order valence-electron chi connectivity index (χ4n) is 2.43. The summed E-state index contributed by atoms with van der Waals surface area (Å²) in [5.74, 6) is 0.0225. The van der Waals surface area contributed by atoms with Gasteiger partial charge in [-0.3, -0.25) is 0 Å². The van der Waals surface area contributed by atoms with E-state index in [-0.39, 0.29) is 29.0 Å². The molecular weight excluding hydrogens is 180 g/mol. The summed E-state index contributed by atoms with van der Waals surface area (Å²) < 4.78 is 10.9. The van der Waals surface area contributed by atoms with Gasteiger partial charge in [-0.25, -0.2) is 4.79 Å². The monoisotopic (exact) mass is 198 g/mol. The first-order valence-corrected chi connectivity index (χ1v) is 5.16. The molecule has 0 bridgehead atoms. The van der Waals surface area contributed by atoms with E-state index < -0.39 is 0 Å². The molecule has 0 spiro atoms. The van der Waals surface area contributed by atoms with Crippen molar-refractivity contribution in [2.45, 2.75) is 45.8 Å². The van der Waals surface area contributed by atoms with Gasteiger partial charge in [-0.05, 0) is 25.7 Å². The average molecular weight is 198 g/mol. The molecule has 0 aromatic carbocycles. The third-order valence-corrected chi connectivity index (χ3v) is 3.28. The van der Waals surface area contributed by atoms with Crippen molar-refractivity contribution in [3.05, 3.63) is 0 Å². The Morgan fingerprint density at radius 1 is 1.29 bits per heavy atom. The molecule has 2 saturated heterocycles. The molecule has 3 heteroatoms. The Bertz CT molecular complexity index is 268. The summed E-state index contributed by atoms with van der Waals surface area (Å²) in [6, 6.07) is 0. The van der Waals surface area contributed by atoms with Crippen LogP contribution in [0.3, 0.4) is 0 Å². The van der Waals surface area contributed by atoms with Crippen molar-refractivity contribution in [1.82, 2.24) is 0 Å². The first-order valence-electron chi connectivity index (χ1n) is 5.16. The largest absolute Gasteiger partial charge is 0.457 e. The summed E-state index contributed by atoms with van der Waals surface area (Å²) in [4.78, 5) is 11.5. The molecule has 2 aliphatic heterocycles. The van der Waals surface area contributed by atoms with Crippen LogP contribution < -0.4 is 0 Å². The lowest BCUT2D eigenvalue weighted by atomic mass is 9.73. The molecule has 0 saturated carbocycles. The van der Waals surface area contributed by atoms with Crippen molar-refractivity contribution in [2.24, 2.45) is 11.3 Å². The van der Waals surface area contributed by atoms with Crippen molar-refractivity contribution in [2.75, 3.05) is 6.61 Å². The molecule has 80 valence electrons. The Balaban J connectivity index is 2.24. The highest BCUT2D eigenvalue weighted by molar-refractivity contribution is 5.78. The van der Waals surface area contributed by atoms with Crippen LogP contribution in [0, 0.1) is 11.3 Å². The van der Waals surface area contributed by atoms with Gasteiger partial charge in [-0.2, -0.15) is 0 Å². The van der Waals surface area contributed by atoms with Gasteiger partial charge in [0.05, 0.1) is 6.61 Å². The third kappa shape index (κ3) is 1.44. The molecule has 3 nitrogen and oxygen atoms in total. The van der Waals surface area contributed by atoms with Crippen LogP contribution in [0.4, 0.5) is 0 Å². The number of fused-ring (bicyclic) bond motifs is 1. The highest BCUT2D eigenvalue weighted by Crippen LogP contribution is 2.45. The van der Waals surface area contributed by atoms with Crippen LogP contribution in [0.15, 0.2) is 0 Å². The van der Waals surface area contributed by atoms with Crippen LogP contribution in [0.2, 0.25) is 0 Å². The highest BCUT2D eigenvalue weighted by atomic mass is 16.6. The normalized spacial score (nSPS) is 39.0. The SMILES string of the molecule is CC1(C)CO[C@@H]2C(=O)OC(C)(C)[C@H]2C1. The minimum absolute atomic E-state index is 0.159. The lowest BCUT2D eigenvalue weighted by molar-refractivity contribution is -0.154. The molecule has 0 aliphatic carbocycles. The van der Waals surface area contributed by atoms with Gasteiger partial charge in [0, 0.05) is 5.92 Å². The fraction of sp³-hybridized carbons (Fsp3) is 0.909. The lowest BCUT2D eigenvalue weighted by Crippen LogP contribution is -2.44. The lowest BCUT2D eigenvalue weighted by Gasteiger charge is -2.39. The van der Waals surface area contributed by atoms with Crippen LogP contribution in [0.5, 0.6) is 0 Å². The number of carbonyl (C=O) groups is 1. The van der Waals surface area contributed by atoms with E-state index in [1.54, 1.807) is 0 Å². The minimum Gasteiger partial charge on any atom is -0.457 e. The highest BCUT2D eigenvalue weighted by Gasteiger charge is 2.54. The van der Waals surface area contributed by atoms with Gasteiger partial charge < -0.3 is 9.47 Å². The van der Waals surface area contributed by atoms with E-state index in [9.17, 15) is 4.79 Å². The van der Waals surface area contributed by atoms with Crippen molar-refractivity contribution in [3.63, 3.8) is 0 Å². The quantitative estimate of drug-likeness (QED) is 0.556. The third-order valence-electron chi connectivity index (χ3n) is 3.28. The first-order chi connectivity index (χ1) is 6.32. The van der Waals surface area contributed by atoms with Gasteiger partial charge in [0.25, 0.3) is 0 Å². The summed E-state index contributed by atoms with van der Waals surface area (Å²) in [5.41, 5.74) is -0.203. The van der Waals surface area contributed by atoms with E-state index in [4.69, 9.17) is 9.47 Å². The van der Waals surface area contributed by atoms with E-state index in [0.29, 0.717) is 6.61 Å². The molecular formula is C11H18O3. The maximum Gasteiger partial charge on any atom is 0.336 e. The van der Waals surface area contributed by atoms with E-state index in [2.05, 4.69) is 13.8 Å². The first kappa shape index (κ1) is 9.97. The van der Waals surface area contributed by atoms with Crippen molar-refractivity contribution >= 4 is 5.97 Å². The molecule has 2 fully saturated rings. The Morgan fingerprint density at radius 2 is 1.93 bits per heavy atom. The molecule has 0 aromatic heterocycles. The van der Waals surface area contributed by atoms with Gasteiger partial charge >= 0.3 is 5.97 Å². The van der Waals surface area contributed by atoms with Gasteiger partial charge in [0.1, 0.15) is 5.60 Å². The van der Waals surface area contributed by atoms with Crippen LogP contribution >= 0.6 is 0 Å². The summed E-state index contributed by atoms with van der Waals surface area (Å²) in [7, 11) is 0. The smallest absolute Gasteiger partial charge is 0.336 e. The van der Waals surface area contributed by atoms with E-state index in [1.807, 2.05) is 13.8 Å². The summed E-state index contributed by atoms with van der Waals surface area (Å²) in [5, 5.41) is 0. The predicted molar refractivity (Wildman–Crippen MR) is 51.8 cm³/mol. The summed E-state index contributed by atoms with van der Waals surface area (Å²) in [6.07, 6.45) is 0.675. The Kier molecular flexibility index (Phi) is 1.94. The summed E-state index contributed by atoms with van der Waals surface area (Å²) in [6.45, 7) is 8.93. The molecule has 0 N–H and O–H groups in total. The summed E-state index contributed by atoms with van der Waals surface area (Å²) >= 11 is 0. The second-order valence-corrected chi connectivity index (χ2v) is 5.73. The molecule has 0 radical (unpaired) electrons. The van der Waals surface area contributed by atoms with Crippen LogP contribution in [0.1, 0.15) is 34.1 Å². The molecule has 0 amide bonds. The number of carbonyl (C=O) groups excluding carboxylic acids is 1. The molecule has 2 heterocycles. The standard InChI is InChI=1S/C11H18O3/c1-10(2)5-7-8(13-6-10)9(12)14-11(7,3)4/h7-8H,5-6H2,1-4H3/t7-,8-/m0/s1. The van der Waals surface area contributed by atoms with Crippen molar-refractivity contribution in [3.8, 4) is 0 Å². The maximum atomic E-state index is 11.5. The van der Waals surface area contributed by atoms with Gasteiger partial charge in [-0.15, -0.1) is 0 Å². The second-order valence-electron chi connectivity index (χ2n) is 5.73. The predicted octanol–water partition coefficient (Wildman–Crippen LogP) is 1.75. The van der Waals surface area contributed by atoms with Crippen LogP contribution in [0.25, 0.3) is 0 Å². The van der Waals surface area contributed by atoms with Crippen LogP contribution in [-0.4, -0.2) is 24.3 Å². The van der Waals surface area contributed by atoms with E-state index in [1.165, 1.54) is 0 Å². The molecule has 2 rings (SSSR count). The zero-order chi connectivity index (χ0) is 10.6. The maximum absolute atomic E-state index is 11.5. The second kappa shape index (κ2) is 2.72. The topological polar surface area (TPSA) is 35.5 Å². The number of hydrogen-bond donors (Lipinski definition) is 0. The van der Waals surface area contributed by atoms with Crippen molar-refractivity contribution in [1.29, 1.82) is 0 Å². The molecule has 2 atom stereocenters. The molecule has 2 aliphatic rings. The fourth-order valence-corrected chi connectivity index (χ4v) is 2.43. The minimum atomic E-state index is -0.362. The van der Waals surface area contributed by atoms with Crippen LogP contribution in [-0.2, 0) is 14.3 Å². The molecule has 14 heavy (non-hydrogen) atoms. The number of hydrogen-bond acceptors (Lipinski definition) is 3. The van der Waals surface area contributed by atoms with Crippen molar-refractivity contribution < 1.29 is 14.3 Å². The number of ether oxygens (including phenoxy) is 2. The van der Waals surface area contributed by atoms with E-state index in [0.717, 1.165) is 6.42 Å². The average Bonchev–Trinajstić information content (AvgIpc) is 2.20. The molecule has 0 unspecified atom stereocenters. The number of rotatable bonds is 0.